The molecule has 0 radical (unpaired) electrons. The lowest BCUT2D eigenvalue weighted by atomic mass is 10.1. The highest BCUT2D eigenvalue weighted by Gasteiger charge is 2.34. The number of anilines is 1. The molecule has 1 aliphatic heterocycles. The van der Waals surface area contributed by atoms with Crippen molar-refractivity contribution in [1.29, 1.82) is 0 Å². The molecule has 0 aromatic heterocycles. The number of carbonyl (C=O) groups is 3. The number of hydrogen-bond acceptors (Lipinski definition) is 5. The summed E-state index contributed by atoms with van der Waals surface area (Å²) in [5, 5.41) is 11.8. The summed E-state index contributed by atoms with van der Waals surface area (Å²) in [5.74, 6) is -2.03. The number of nitrogens with zero attached hydrogens (tertiary/aromatic N) is 1. The van der Waals surface area contributed by atoms with Crippen molar-refractivity contribution >= 4 is 58.5 Å². The molecule has 0 aliphatic carbocycles. The maximum absolute atomic E-state index is 12.9. The Kier molecular flexibility index (Phi) is 5.43. The SMILES string of the molecule is COc1ccc(C=C2C(=O)NC(=S)N(c3cccc(C(=O)O)c3)C2=O)cc1Cl. The second-order valence-corrected chi connectivity index (χ2v) is 6.50. The molecule has 9 heteroatoms. The number of amides is 2. The van der Waals surface area contributed by atoms with Gasteiger partial charge in [0.15, 0.2) is 5.11 Å². The van der Waals surface area contributed by atoms with Crippen LogP contribution >= 0.6 is 23.8 Å². The normalized spacial score (nSPS) is 15.6. The van der Waals surface area contributed by atoms with E-state index in [0.717, 1.165) is 4.90 Å². The molecule has 0 spiro atoms. The van der Waals surface area contributed by atoms with Gasteiger partial charge in [-0.25, -0.2) is 4.79 Å². The average molecular weight is 417 g/mol. The Morgan fingerprint density at radius 3 is 2.64 bits per heavy atom. The Hall–Kier alpha value is -3.23. The molecule has 1 heterocycles. The van der Waals surface area contributed by atoms with Crippen LogP contribution in [0.3, 0.4) is 0 Å². The molecule has 2 amide bonds. The van der Waals surface area contributed by atoms with E-state index in [-0.39, 0.29) is 21.9 Å². The third kappa shape index (κ3) is 3.73. The van der Waals surface area contributed by atoms with Crippen molar-refractivity contribution in [1.82, 2.24) is 5.32 Å². The number of nitrogens with one attached hydrogen (secondary N) is 1. The van der Waals surface area contributed by atoms with Crippen LogP contribution in [-0.4, -0.2) is 35.1 Å². The summed E-state index contributed by atoms with van der Waals surface area (Å²) in [4.78, 5) is 37.5. The fourth-order valence-electron chi connectivity index (χ4n) is 2.61. The van der Waals surface area contributed by atoms with E-state index in [1.54, 1.807) is 18.2 Å². The molecule has 0 atom stereocenters. The van der Waals surface area contributed by atoms with Crippen molar-refractivity contribution in [2.45, 2.75) is 0 Å². The lowest BCUT2D eigenvalue weighted by molar-refractivity contribution is -0.122. The summed E-state index contributed by atoms with van der Waals surface area (Å²) in [6, 6.07) is 10.5. The van der Waals surface area contributed by atoms with Crippen LogP contribution in [0.4, 0.5) is 5.69 Å². The molecule has 1 fully saturated rings. The van der Waals surface area contributed by atoms with Crippen molar-refractivity contribution in [3.8, 4) is 5.75 Å². The zero-order chi connectivity index (χ0) is 20.4. The standard InChI is InChI=1S/C19H13ClN2O5S/c1-27-15-6-5-10(8-14(15)20)7-13-16(23)21-19(28)22(17(13)24)12-4-2-3-11(9-12)18(25)26/h2-9H,1H3,(H,25,26)(H,21,23,28). The Morgan fingerprint density at radius 2 is 2.00 bits per heavy atom. The maximum Gasteiger partial charge on any atom is 0.335 e. The minimum Gasteiger partial charge on any atom is -0.495 e. The van der Waals surface area contributed by atoms with Crippen LogP contribution in [0.1, 0.15) is 15.9 Å². The first-order valence-electron chi connectivity index (χ1n) is 7.90. The largest absolute Gasteiger partial charge is 0.495 e. The number of halogens is 1. The van der Waals surface area contributed by atoms with Crippen LogP contribution in [0.2, 0.25) is 5.02 Å². The van der Waals surface area contributed by atoms with Gasteiger partial charge in [0.1, 0.15) is 11.3 Å². The topological polar surface area (TPSA) is 95.9 Å². The quantitative estimate of drug-likeness (QED) is 0.452. The first-order chi connectivity index (χ1) is 13.3. The third-order valence-electron chi connectivity index (χ3n) is 3.94. The third-order valence-corrected chi connectivity index (χ3v) is 4.52. The fourth-order valence-corrected chi connectivity index (χ4v) is 3.16. The van der Waals surface area contributed by atoms with Gasteiger partial charge in [-0.2, -0.15) is 0 Å². The molecule has 2 aromatic rings. The van der Waals surface area contributed by atoms with E-state index in [4.69, 9.17) is 33.7 Å². The van der Waals surface area contributed by atoms with E-state index < -0.39 is 17.8 Å². The summed E-state index contributed by atoms with van der Waals surface area (Å²) < 4.78 is 5.08. The zero-order valence-electron chi connectivity index (χ0n) is 14.4. The van der Waals surface area contributed by atoms with E-state index in [0.29, 0.717) is 16.3 Å². The monoisotopic (exact) mass is 416 g/mol. The summed E-state index contributed by atoms with van der Waals surface area (Å²) in [7, 11) is 1.47. The number of rotatable bonds is 4. The summed E-state index contributed by atoms with van der Waals surface area (Å²) >= 11 is 11.2. The molecule has 3 rings (SSSR count). The Labute approximate surface area is 170 Å². The number of aromatic carboxylic acids is 1. The lowest BCUT2D eigenvalue weighted by Gasteiger charge is -2.29. The molecule has 28 heavy (non-hydrogen) atoms. The van der Waals surface area contributed by atoms with Crippen molar-refractivity contribution < 1.29 is 24.2 Å². The van der Waals surface area contributed by atoms with E-state index in [1.165, 1.54) is 37.5 Å². The summed E-state index contributed by atoms with van der Waals surface area (Å²) in [5.41, 5.74) is 0.554. The van der Waals surface area contributed by atoms with Gasteiger partial charge in [-0.15, -0.1) is 0 Å². The van der Waals surface area contributed by atoms with Crippen LogP contribution in [0.15, 0.2) is 48.0 Å². The number of carboxylic acids is 1. The van der Waals surface area contributed by atoms with Crippen LogP contribution in [0.5, 0.6) is 5.75 Å². The number of carboxylic acid groups (broad SMARTS) is 1. The predicted molar refractivity (Wildman–Crippen MR) is 108 cm³/mol. The van der Waals surface area contributed by atoms with Gasteiger partial charge >= 0.3 is 5.97 Å². The van der Waals surface area contributed by atoms with Gasteiger partial charge in [0.2, 0.25) is 0 Å². The molecule has 1 saturated heterocycles. The highest BCUT2D eigenvalue weighted by molar-refractivity contribution is 7.80. The zero-order valence-corrected chi connectivity index (χ0v) is 16.0. The van der Waals surface area contributed by atoms with E-state index in [9.17, 15) is 14.4 Å². The van der Waals surface area contributed by atoms with Crippen LogP contribution in [0.25, 0.3) is 6.08 Å². The van der Waals surface area contributed by atoms with Gasteiger partial charge in [0.05, 0.1) is 23.4 Å². The van der Waals surface area contributed by atoms with Crippen molar-refractivity contribution in [3.63, 3.8) is 0 Å². The predicted octanol–water partition coefficient (Wildman–Crippen LogP) is 2.88. The van der Waals surface area contributed by atoms with Gasteiger partial charge in [0, 0.05) is 0 Å². The minimum atomic E-state index is -1.15. The molecule has 1 aliphatic rings. The van der Waals surface area contributed by atoms with Gasteiger partial charge in [-0.3, -0.25) is 19.8 Å². The Bertz CT molecular complexity index is 1050. The number of methoxy groups -OCH3 is 1. The molecule has 0 saturated carbocycles. The molecule has 0 bridgehead atoms. The van der Waals surface area contributed by atoms with Crippen LogP contribution in [-0.2, 0) is 9.59 Å². The highest BCUT2D eigenvalue weighted by atomic mass is 35.5. The molecular formula is C19H13ClN2O5S. The second kappa shape index (κ2) is 7.79. The number of thiocarbonyl (C=S) groups is 1. The molecule has 2 aromatic carbocycles. The first kappa shape index (κ1) is 19.5. The molecular weight excluding hydrogens is 404 g/mol. The Balaban J connectivity index is 2.02. The molecule has 7 nitrogen and oxygen atoms in total. The molecule has 142 valence electrons. The van der Waals surface area contributed by atoms with Gasteiger partial charge in [-0.1, -0.05) is 23.7 Å². The highest BCUT2D eigenvalue weighted by Crippen LogP contribution is 2.27. The molecule has 2 N–H and O–H groups in total. The minimum absolute atomic E-state index is 0.0162. The van der Waals surface area contributed by atoms with Crippen molar-refractivity contribution in [2.75, 3.05) is 12.0 Å². The van der Waals surface area contributed by atoms with Gasteiger partial charge in [-0.05, 0) is 54.2 Å². The number of benzene rings is 2. The van der Waals surface area contributed by atoms with Crippen molar-refractivity contribution in [3.05, 3.63) is 64.2 Å². The second-order valence-electron chi connectivity index (χ2n) is 5.71. The van der Waals surface area contributed by atoms with E-state index in [2.05, 4.69) is 5.32 Å². The van der Waals surface area contributed by atoms with E-state index >= 15 is 0 Å². The smallest absolute Gasteiger partial charge is 0.335 e. The number of ether oxygens (including phenoxy) is 1. The lowest BCUT2D eigenvalue weighted by Crippen LogP contribution is -2.54. The maximum atomic E-state index is 12.9. The van der Waals surface area contributed by atoms with Gasteiger partial charge < -0.3 is 9.84 Å². The fraction of sp³-hybridized carbons (Fsp3) is 0.0526. The summed E-state index contributed by atoms with van der Waals surface area (Å²) in [6.07, 6.45) is 1.37. The van der Waals surface area contributed by atoms with Crippen molar-refractivity contribution in [2.24, 2.45) is 0 Å². The average Bonchev–Trinajstić information content (AvgIpc) is 2.65. The molecule has 0 unspecified atom stereocenters. The van der Waals surface area contributed by atoms with E-state index in [1.807, 2.05) is 0 Å². The van der Waals surface area contributed by atoms with Crippen LogP contribution in [0, 0.1) is 0 Å². The van der Waals surface area contributed by atoms with Gasteiger partial charge in [0.25, 0.3) is 11.8 Å². The number of carbonyl (C=O) groups excluding carboxylic acids is 2. The number of hydrogen-bond donors (Lipinski definition) is 2. The van der Waals surface area contributed by atoms with Crippen LogP contribution < -0.4 is 15.0 Å². The summed E-state index contributed by atoms with van der Waals surface area (Å²) in [6.45, 7) is 0. The Morgan fingerprint density at radius 1 is 1.25 bits per heavy atom. The first-order valence-corrected chi connectivity index (χ1v) is 8.69.